The molecule has 0 radical (unpaired) electrons. The van der Waals surface area contributed by atoms with E-state index in [1.807, 2.05) is 0 Å². The standard InChI is InChI=1S/2ClO2.2Na.H2O2/c2*2-1-3;;;1-2/h;;;;1-2H/q2*-1;2*+1;. The molecule has 0 spiro atoms. The first-order valence-electron chi connectivity index (χ1n) is 0.817. The van der Waals surface area contributed by atoms with Crippen LogP contribution in [-0.2, 0) is 0 Å². The zero-order valence-corrected chi connectivity index (χ0v) is 10.8. The van der Waals surface area contributed by atoms with Crippen LogP contribution in [0.25, 0.3) is 0 Å². The Kier molecular flexibility index (Phi) is 190. The molecule has 0 saturated carbocycles. The molecular formula is H2Cl2Na2O6. The molecule has 0 amide bonds. The summed E-state index contributed by atoms with van der Waals surface area (Å²) in [5.41, 5.74) is 0. The molecular weight excluding hydrogens is 213 g/mol. The number of hydrogen-bond donors (Lipinski definition) is 2. The van der Waals surface area contributed by atoms with Gasteiger partial charge in [-0.25, -0.2) is 0 Å². The Morgan fingerprint density at radius 1 is 0.700 bits per heavy atom. The monoisotopic (exact) mass is 214 g/mol. The Morgan fingerprint density at radius 3 is 0.700 bits per heavy atom. The summed E-state index contributed by atoms with van der Waals surface area (Å²) in [4.78, 5) is 0. The minimum Gasteiger partial charge on any atom is -0.544 e. The fraction of sp³-hybridized carbons (Fsp3) is 0. The smallest absolute Gasteiger partial charge is 0.544 e. The third-order valence-electron chi connectivity index (χ3n) is 0. The molecule has 0 atom stereocenters. The molecule has 0 aromatic carbocycles. The van der Waals surface area contributed by atoms with Gasteiger partial charge >= 0.3 is 59.1 Å². The van der Waals surface area contributed by atoms with E-state index in [0.29, 0.717) is 0 Å². The first kappa shape index (κ1) is 29.5. The van der Waals surface area contributed by atoms with Gasteiger partial charge in [-0.15, -0.1) is 0 Å². The molecule has 0 aromatic heterocycles. The van der Waals surface area contributed by atoms with Crippen molar-refractivity contribution in [1.82, 2.24) is 0 Å². The van der Waals surface area contributed by atoms with Gasteiger partial charge in [0.05, 0.1) is 22.7 Å². The van der Waals surface area contributed by atoms with Crippen LogP contribution in [0.4, 0.5) is 0 Å². The molecule has 0 heterocycles. The van der Waals surface area contributed by atoms with Gasteiger partial charge in [-0.1, -0.05) is 0 Å². The molecule has 0 saturated heterocycles. The van der Waals surface area contributed by atoms with Crippen LogP contribution >= 0.6 is 0 Å². The molecule has 0 aliphatic carbocycles. The van der Waals surface area contributed by atoms with E-state index in [2.05, 4.69) is 0 Å². The molecule has 0 aliphatic heterocycles. The van der Waals surface area contributed by atoms with Gasteiger partial charge in [0, 0.05) is 0 Å². The van der Waals surface area contributed by atoms with Crippen molar-refractivity contribution >= 4 is 0 Å². The summed E-state index contributed by atoms with van der Waals surface area (Å²) in [6.07, 6.45) is 0. The first-order valence-corrected chi connectivity index (χ1v) is 2.05. The third-order valence-corrected chi connectivity index (χ3v) is 0. The van der Waals surface area contributed by atoms with Crippen LogP contribution in [0.5, 0.6) is 0 Å². The van der Waals surface area contributed by atoms with Crippen molar-refractivity contribution in [1.29, 1.82) is 0 Å². The van der Waals surface area contributed by atoms with Gasteiger partial charge in [-0.2, -0.15) is 0 Å². The predicted octanol–water partition coefficient (Wildman–Crippen LogP) is -10.7. The Bertz CT molecular complexity index is 15.7. The normalized spacial score (nSPS) is 4.20. The molecule has 0 bridgehead atoms. The second-order valence-corrected chi connectivity index (χ2v) is 0.378. The van der Waals surface area contributed by atoms with Crippen LogP contribution in [0.3, 0.4) is 0 Å². The zero-order chi connectivity index (χ0) is 7.41. The quantitative estimate of drug-likeness (QED) is 0.234. The van der Waals surface area contributed by atoms with Crippen LogP contribution in [-0.4, -0.2) is 10.5 Å². The van der Waals surface area contributed by atoms with E-state index in [9.17, 15) is 0 Å². The Hall–Kier alpha value is 2.34. The van der Waals surface area contributed by atoms with Crippen molar-refractivity contribution in [2.75, 3.05) is 0 Å². The minimum atomic E-state index is -0.417. The van der Waals surface area contributed by atoms with Gasteiger partial charge in [0.1, 0.15) is 0 Å². The van der Waals surface area contributed by atoms with Crippen molar-refractivity contribution < 1.29 is 111 Å². The van der Waals surface area contributed by atoms with E-state index >= 15 is 0 Å². The van der Waals surface area contributed by atoms with Crippen molar-refractivity contribution in [3.8, 4) is 0 Å². The van der Waals surface area contributed by atoms with E-state index in [-0.39, 0.29) is 59.1 Å². The molecule has 0 unspecified atom stereocenters. The minimum absolute atomic E-state index is 0. The van der Waals surface area contributed by atoms with Gasteiger partial charge in [-0.3, -0.25) is 10.5 Å². The summed E-state index contributed by atoms with van der Waals surface area (Å²) < 4.78 is 32.9. The van der Waals surface area contributed by atoms with E-state index in [1.54, 1.807) is 0 Å². The topological polar surface area (TPSA) is 133 Å². The summed E-state index contributed by atoms with van der Waals surface area (Å²) in [5, 5.41) is 12.0. The molecule has 0 aliphatic rings. The Balaban J connectivity index is -0.0000000116. The fourth-order valence-corrected chi connectivity index (χ4v) is 0. The summed E-state index contributed by atoms with van der Waals surface area (Å²) in [6.45, 7) is 0. The van der Waals surface area contributed by atoms with Crippen LogP contribution in [0, 0.1) is 22.7 Å². The average Bonchev–Trinajstić information content (AvgIpc) is 1.75. The van der Waals surface area contributed by atoms with Crippen LogP contribution in [0.15, 0.2) is 0 Å². The number of halogens is 2. The Labute approximate surface area is 110 Å². The maximum Gasteiger partial charge on any atom is 1.00 e. The van der Waals surface area contributed by atoms with Crippen molar-refractivity contribution in [3.63, 3.8) is 0 Å². The molecule has 6 nitrogen and oxygen atoms in total. The summed E-state index contributed by atoms with van der Waals surface area (Å²) in [6, 6.07) is 0. The van der Waals surface area contributed by atoms with Crippen molar-refractivity contribution in [2.45, 2.75) is 0 Å². The van der Waals surface area contributed by atoms with Crippen molar-refractivity contribution in [2.24, 2.45) is 0 Å². The largest absolute Gasteiger partial charge is 1.00 e. The fourth-order valence-electron chi connectivity index (χ4n) is 0. The maximum absolute atomic E-state index is 8.24. The third kappa shape index (κ3) is 165. The molecule has 0 aromatic rings. The van der Waals surface area contributed by atoms with Crippen molar-refractivity contribution in [3.05, 3.63) is 0 Å². The van der Waals surface area contributed by atoms with E-state index in [0.717, 1.165) is 0 Å². The number of hydrogen-bond acceptors (Lipinski definition) is 6. The van der Waals surface area contributed by atoms with Gasteiger partial charge in [-0.05, 0) is 0 Å². The summed E-state index contributed by atoms with van der Waals surface area (Å²) in [7, 11) is 0. The van der Waals surface area contributed by atoms with Crippen LogP contribution in [0.2, 0.25) is 0 Å². The second kappa shape index (κ2) is 64.4. The maximum atomic E-state index is 8.24. The van der Waals surface area contributed by atoms with Crippen LogP contribution < -0.4 is 77.8 Å². The van der Waals surface area contributed by atoms with Crippen LogP contribution in [0.1, 0.15) is 0 Å². The Morgan fingerprint density at radius 2 is 0.700 bits per heavy atom. The van der Waals surface area contributed by atoms with Gasteiger partial charge in [0.2, 0.25) is 0 Å². The SMILES string of the molecule is OO.[Na+].[Na+].[O-][Cl+][O-].[O-][Cl+][O-]. The zero-order valence-electron chi connectivity index (χ0n) is 5.28. The molecule has 10 heteroatoms. The summed E-state index contributed by atoms with van der Waals surface area (Å²) in [5.74, 6) is 0. The second-order valence-electron chi connectivity index (χ2n) is 0.126. The molecule has 54 valence electrons. The number of rotatable bonds is 0. The van der Waals surface area contributed by atoms with Gasteiger partial charge in [0.25, 0.3) is 0 Å². The predicted molar refractivity (Wildman–Crippen MR) is 5.26 cm³/mol. The van der Waals surface area contributed by atoms with Gasteiger partial charge in [0.15, 0.2) is 0 Å². The average molecular weight is 215 g/mol. The molecule has 2 N–H and O–H groups in total. The molecule has 0 fully saturated rings. The van der Waals surface area contributed by atoms with E-state index in [1.165, 1.54) is 0 Å². The first-order chi connectivity index (χ1) is 3.83. The molecule has 0 rings (SSSR count). The summed E-state index contributed by atoms with van der Waals surface area (Å²) >= 11 is -0.833. The van der Waals surface area contributed by atoms with E-state index < -0.39 is 22.7 Å². The molecule has 10 heavy (non-hydrogen) atoms. The van der Waals surface area contributed by atoms with E-state index in [4.69, 9.17) is 29.2 Å². The van der Waals surface area contributed by atoms with Gasteiger partial charge < -0.3 is 18.6 Å².